The molecule has 0 radical (unpaired) electrons. The van der Waals surface area contributed by atoms with E-state index in [-0.39, 0.29) is 37.2 Å². The molecule has 1 unspecified atom stereocenters. The molecule has 264 valence electrons. The van der Waals surface area contributed by atoms with Gasteiger partial charge in [-0.3, -0.25) is 4.79 Å². The molecule has 1 atom stereocenters. The largest absolute Gasteiger partial charge is 0.461 e. The van der Waals surface area contributed by atoms with Crippen LogP contribution in [0.3, 0.4) is 0 Å². The Hall–Kier alpha value is -4.70. The average Bonchev–Trinajstić information content (AvgIpc) is 3.05. The van der Waals surface area contributed by atoms with Gasteiger partial charge in [-0.25, -0.2) is 13.6 Å². The SMILES string of the molecule is C=C(F)C(=O)N1CCN(c2nc(OCC3(NC(=O)OC(C)(C)C)CCC3)nc3c2CCN(c2cccc4ccc(F)c(Cl)c24)C3)CC1CC#N. The summed E-state index contributed by atoms with van der Waals surface area (Å²) in [5, 5.41) is 14.0. The zero-order valence-electron chi connectivity index (χ0n) is 28.4. The third-order valence-corrected chi connectivity index (χ3v) is 9.80. The van der Waals surface area contributed by atoms with Crippen LogP contribution in [-0.4, -0.2) is 76.8 Å². The number of anilines is 2. The monoisotopic (exact) mass is 707 g/mol. The fourth-order valence-corrected chi connectivity index (χ4v) is 7.13. The minimum Gasteiger partial charge on any atom is -0.461 e. The number of ether oxygens (including phenoxy) is 2. The predicted molar refractivity (Wildman–Crippen MR) is 185 cm³/mol. The minimum atomic E-state index is -1.07. The molecule has 0 bridgehead atoms. The molecule has 1 aliphatic carbocycles. The van der Waals surface area contributed by atoms with Crippen LogP contribution in [0.5, 0.6) is 6.01 Å². The molecule has 11 nitrogen and oxygen atoms in total. The summed E-state index contributed by atoms with van der Waals surface area (Å²) in [7, 11) is 0. The first-order valence-corrected chi connectivity index (χ1v) is 17.1. The lowest BCUT2D eigenvalue weighted by atomic mass is 9.77. The Labute approximate surface area is 294 Å². The van der Waals surface area contributed by atoms with Gasteiger partial charge in [0.05, 0.1) is 41.3 Å². The van der Waals surface area contributed by atoms with Gasteiger partial charge in [0.25, 0.3) is 5.91 Å². The van der Waals surface area contributed by atoms with E-state index in [1.165, 1.54) is 11.0 Å². The fourth-order valence-electron chi connectivity index (χ4n) is 6.86. The Kier molecular flexibility index (Phi) is 9.77. The number of amides is 2. The van der Waals surface area contributed by atoms with Crippen molar-refractivity contribution in [1.29, 1.82) is 5.26 Å². The number of piperazine rings is 1. The minimum absolute atomic E-state index is 0.00279. The van der Waals surface area contributed by atoms with Gasteiger partial charge in [0, 0.05) is 42.8 Å². The first-order valence-electron chi connectivity index (χ1n) is 16.7. The maximum absolute atomic E-state index is 14.6. The Balaban J connectivity index is 1.33. The number of rotatable bonds is 8. The van der Waals surface area contributed by atoms with Gasteiger partial charge in [-0.1, -0.05) is 36.4 Å². The summed E-state index contributed by atoms with van der Waals surface area (Å²) in [6, 6.07) is 10.4. The number of fused-ring (bicyclic) bond motifs is 2. The van der Waals surface area contributed by atoms with Gasteiger partial charge in [-0.15, -0.1) is 0 Å². The summed E-state index contributed by atoms with van der Waals surface area (Å²) in [5.41, 5.74) is 1.03. The lowest BCUT2D eigenvalue weighted by molar-refractivity contribution is -0.131. The van der Waals surface area contributed by atoms with Crippen LogP contribution in [0.15, 0.2) is 42.7 Å². The van der Waals surface area contributed by atoms with E-state index in [1.54, 1.807) is 26.8 Å². The highest BCUT2D eigenvalue weighted by Gasteiger charge is 2.41. The molecule has 2 aromatic carbocycles. The van der Waals surface area contributed by atoms with E-state index in [0.717, 1.165) is 23.1 Å². The van der Waals surface area contributed by atoms with Crippen LogP contribution in [0, 0.1) is 17.1 Å². The number of nitriles is 1. The van der Waals surface area contributed by atoms with Crippen molar-refractivity contribution in [2.24, 2.45) is 0 Å². The second kappa shape index (κ2) is 13.9. The lowest BCUT2D eigenvalue weighted by Crippen LogP contribution is -2.58. The number of alkyl carbamates (subject to hydrolysis) is 1. The lowest BCUT2D eigenvalue weighted by Gasteiger charge is -2.43. The number of benzene rings is 2. The van der Waals surface area contributed by atoms with E-state index in [2.05, 4.69) is 22.9 Å². The van der Waals surface area contributed by atoms with Crippen molar-refractivity contribution in [3.05, 3.63) is 64.8 Å². The van der Waals surface area contributed by atoms with Crippen molar-refractivity contribution in [3.8, 4) is 12.1 Å². The molecule has 1 aromatic heterocycles. The van der Waals surface area contributed by atoms with Gasteiger partial charge in [-0.2, -0.15) is 15.2 Å². The molecule has 3 heterocycles. The number of hydrogen-bond donors (Lipinski definition) is 1. The molecule has 1 saturated heterocycles. The van der Waals surface area contributed by atoms with Crippen molar-refractivity contribution < 1.29 is 27.8 Å². The van der Waals surface area contributed by atoms with Crippen molar-refractivity contribution in [2.45, 2.75) is 76.6 Å². The van der Waals surface area contributed by atoms with Crippen molar-refractivity contribution in [3.63, 3.8) is 0 Å². The van der Waals surface area contributed by atoms with Crippen LogP contribution in [0.25, 0.3) is 10.8 Å². The van der Waals surface area contributed by atoms with E-state index < -0.39 is 40.8 Å². The summed E-state index contributed by atoms with van der Waals surface area (Å²) in [6.45, 7) is 10.3. The Morgan fingerprint density at radius 1 is 1.16 bits per heavy atom. The van der Waals surface area contributed by atoms with Gasteiger partial charge in [0.2, 0.25) is 0 Å². The summed E-state index contributed by atoms with van der Waals surface area (Å²) < 4.78 is 40.3. The third-order valence-electron chi connectivity index (χ3n) is 9.43. The first-order chi connectivity index (χ1) is 23.8. The molecule has 2 aliphatic heterocycles. The average molecular weight is 708 g/mol. The topological polar surface area (TPSA) is 124 Å². The number of carbonyl (C=O) groups excluding carboxylic acids is 2. The quantitative estimate of drug-likeness (QED) is 0.272. The number of carbonyl (C=O) groups is 2. The summed E-state index contributed by atoms with van der Waals surface area (Å²) in [6.07, 6.45) is 2.30. The number of hydrogen-bond acceptors (Lipinski definition) is 9. The molecule has 0 spiro atoms. The standard InChI is InChI=1S/C36H40ClF2N7O4/c1-22(38)32(47)46-18-17-45(19-24(46)11-15-40)31-25-12-16-44(28-8-5-7-23-9-10-26(39)30(37)29(23)28)20-27(25)41-33(42-31)49-21-36(13-6-14-36)43-34(48)50-35(2,3)4/h5,7-10,24H,1,6,11-14,16-21H2,2-4H3,(H,43,48). The highest BCUT2D eigenvalue weighted by molar-refractivity contribution is 6.36. The highest BCUT2D eigenvalue weighted by Crippen LogP contribution is 2.39. The van der Waals surface area contributed by atoms with Crippen molar-refractivity contribution in [2.75, 3.05) is 42.6 Å². The molecule has 3 aliphatic rings. The van der Waals surface area contributed by atoms with Gasteiger partial charge < -0.3 is 29.5 Å². The van der Waals surface area contributed by atoms with Crippen LogP contribution in [0.1, 0.15) is 57.7 Å². The number of nitrogens with zero attached hydrogens (tertiary/aromatic N) is 6. The van der Waals surface area contributed by atoms with Crippen molar-refractivity contribution in [1.82, 2.24) is 20.2 Å². The predicted octanol–water partition coefficient (Wildman–Crippen LogP) is 6.23. The zero-order chi connectivity index (χ0) is 35.8. The number of aromatic nitrogens is 2. The molecular formula is C36H40ClF2N7O4. The van der Waals surface area contributed by atoms with Gasteiger partial charge in [0.15, 0.2) is 5.83 Å². The maximum Gasteiger partial charge on any atom is 0.408 e. The van der Waals surface area contributed by atoms with Crippen LogP contribution >= 0.6 is 11.6 Å². The van der Waals surface area contributed by atoms with Crippen LogP contribution in [-0.2, 0) is 22.5 Å². The smallest absolute Gasteiger partial charge is 0.408 e. The normalized spacial score (nSPS) is 18.5. The van der Waals surface area contributed by atoms with Crippen LogP contribution in [0.2, 0.25) is 5.02 Å². The Bertz CT molecular complexity index is 1870. The zero-order valence-corrected chi connectivity index (χ0v) is 29.2. The van der Waals surface area contributed by atoms with E-state index in [4.69, 9.17) is 31.0 Å². The fraction of sp³-hybridized carbons (Fsp3) is 0.472. The molecular weight excluding hydrogens is 668 g/mol. The van der Waals surface area contributed by atoms with Gasteiger partial charge in [-0.05, 0) is 64.0 Å². The number of nitrogens with one attached hydrogen (secondary N) is 1. The maximum atomic E-state index is 14.6. The summed E-state index contributed by atoms with van der Waals surface area (Å²) in [4.78, 5) is 40.4. The molecule has 6 rings (SSSR count). The molecule has 1 saturated carbocycles. The highest BCUT2D eigenvalue weighted by atomic mass is 35.5. The Morgan fingerprint density at radius 2 is 1.94 bits per heavy atom. The van der Waals surface area contributed by atoms with E-state index in [9.17, 15) is 23.6 Å². The van der Waals surface area contributed by atoms with E-state index in [0.29, 0.717) is 55.8 Å². The van der Waals surface area contributed by atoms with Gasteiger partial charge in [0.1, 0.15) is 23.8 Å². The second-order valence-corrected chi connectivity index (χ2v) is 14.5. The molecule has 2 amide bonds. The van der Waals surface area contributed by atoms with Crippen LogP contribution in [0.4, 0.5) is 25.1 Å². The third kappa shape index (κ3) is 7.26. The van der Waals surface area contributed by atoms with Crippen LogP contribution < -0.4 is 19.9 Å². The first kappa shape index (κ1) is 35.1. The van der Waals surface area contributed by atoms with E-state index >= 15 is 0 Å². The molecule has 3 aromatic rings. The molecule has 1 N–H and O–H groups in total. The van der Waals surface area contributed by atoms with Crippen molar-refractivity contribution >= 4 is 45.9 Å². The second-order valence-electron chi connectivity index (χ2n) is 14.1. The van der Waals surface area contributed by atoms with E-state index in [1.807, 2.05) is 23.1 Å². The molecule has 2 fully saturated rings. The summed E-state index contributed by atoms with van der Waals surface area (Å²) in [5.74, 6) is -1.81. The Morgan fingerprint density at radius 3 is 2.62 bits per heavy atom. The number of halogens is 3. The summed E-state index contributed by atoms with van der Waals surface area (Å²) >= 11 is 6.50. The van der Waals surface area contributed by atoms with Gasteiger partial charge >= 0.3 is 12.1 Å². The molecule has 14 heteroatoms. The molecule has 50 heavy (non-hydrogen) atoms.